The third-order valence-corrected chi connectivity index (χ3v) is 5.92. The quantitative estimate of drug-likeness (QED) is 0.263. The first-order valence-electron chi connectivity index (χ1n) is 11.4. The molecule has 15 nitrogen and oxygen atoms in total. The largest absolute Gasteiger partial charge is 0.513 e. The smallest absolute Gasteiger partial charge is 0.429 e. The Morgan fingerprint density at radius 3 is 0.949 bits per heavy atom. The molecule has 0 bridgehead atoms. The highest BCUT2D eigenvalue weighted by Gasteiger charge is 2.48. The van der Waals surface area contributed by atoms with Crippen LogP contribution in [0.3, 0.4) is 0 Å². The Kier molecular flexibility index (Phi) is 8.34. The van der Waals surface area contributed by atoms with Gasteiger partial charge in [0.05, 0.1) is 0 Å². The maximum absolute atomic E-state index is 11.6. The lowest BCUT2D eigenvalue weighted by Crippen LogP contribution is -2.48. The van der Waals surface area contributed by atoms with Crippen LogP contribution in [0.25, 0.3) is 0 Å². The fourth-order valence-corrected chi connectivity index (χ4v) is 3.47. The van der Waals surface area contributed by atoms with Gasteiger partial charge >= 0.3 is 18.5 Å². The summed E-state index contributed by atoms with van der Waals surface area (Å²) in [7, 11) is 4.05. The van der Waals surface area contributed by atoms with Crippen LogP contribution >= 0.6 is 0 Å². The van der Waals surface area contributed by atoms with E-state index in [1.165, 1.54) is 42.6 Å². The van der Waals surface area contributed by atoms with Crippen LogP contribution in [0.1, 0.15) is 20.8 Å². The third kappa shape index (κ3) is 6.77. The van der Waals surface area contributed by atoms with E-state index < -0.39 is 73.9 Å². The molecule has 0 spiro atoms. The SMILES string of the molecule is C=C1OC(=O)OC1(C)[B]C1OCOC([B]C2(C)OC(=O)OC2=C)OCOC([B]C2(C)OC(=O)OC2=C)OCO1. The van der Waals surface area contributed by atoms with Crippen LogP contribution in [0.15, 0.2) is 37.0 Å². The van der Waals surface area contributed by atoms with Gasteiger partial charge in [0, 0.05) is 0 Å². The van der Waals surface area contributed by atoms with Crippen molar-refractivity contribution in [1.29, 1.82) is 0 Å². The highest BCUT2D eigenvalue weighted by molar-refractivity contribution is 6.43. The first-order valence-corrected chi connectivity index (χ1v) is 11.4. The summed E-state index contributed by atoms with van der Waals surface area (Å²) in [6.07, 6.45) is -6.48. The van der Waals surface area contributed by atoms with Crippen LogP contribution in [0, 0.1) is 0 Å². The normalized spacial score (nSPS) is 37.8. The Bertz CT molecular complexity index is 913. The maximum Gasteiger partial charge on any atom is 0.513 e. The molecule has 207 valence electrons. The molecule has 0 N–H and O–H groups in total. The number of hydrogen-bond donors (Lipinski definition) is 0. The van der Waals surface area contributed by atoms with Gasteiger partial charge in [-0.25, -0.2) is 14.4 Å². The van der Waals surface area contributed by atoms with E-state index in [2.05, 4.69) is 19.7 Å². The molecule has 0 saturated carbocycles. The molecule has 0 aromatic carbocycles. The molecule has 4 aliphatic rings. The number of cyclic esters (lactones) is 6. The molecule has 3 unspecified atom stereocenters. The van der Waals surface area contributed by atoms with Gasteiger partial charge < -0.3 is 56.8 Å². The summed E-state index contributed by atoms with van der Waals surface area (Å²) in [4.78, 5) is 34.8. The number of hydrogen-bond acceptors (Lipinski definition) is 15. The predicted molar refractivity (Wildman–Crippen MR) is 125 cm³/mol. The van der Waals surface area contributed by atoms with Gasteiger partial charge in [-0.05, 0) is 20.8 Å². The van der Waals surface area contributed by atoms with E-state index in [4.69, 9.17) is 56.8 Å². The van der Waals surface area contributed by atoms with E-state index in [0.29, 0.717) is 0 Å². The van der Waals surface area contributed by atoms with Crippen molar-refractivity contribution in [2.45, 2.75) is 55.8 Å². The van der Waals surface area contributed by atoms with E-state index in [9.17, 15) is 14.4 Å². The van der Waals surface area contributed by atoms with Crippen molar-refractivity contribution < 1.29 is 71.2 Å². The number of rotatable bonds is 6. The van der Waals surface area contributed by atoms with Gasteiger partial charge in [0.2, 0.25) is 0 Å². The third-order valence-electron chi connectivity index (χ3n) is 5.92. The predicted octanol–water partition coefficient (Wildman–Crippen LogP) is 1.13. The minimum atomic E-state index is -1.40. The zero-order valence-corrected chi connectivity index (χ0v) is 21.3. The molecule has 4 fully saturated rings. The molecule has 4 aliphatic heterocycles. The fourth-order valence-electron chi connectivity index (χ4n) is 3.47. The fraction of sp³-hybridized carbons (Fsp3) is 0.571. The molecule has 18 heteroatoms. The van der Waals surface area contributed by atoms with Crippen LogP contribution in [-0.2, 0) is 56.8 Å². The van der Waals surface area contributed by atoms with Gasteiger partial charge in [0.25, 0.3) is 21.8 Å². The summed E-state index contributed by atoms with van der Waals surface area (Å²) in [6.45, 7) is 14.2. The topological polar surface area (TPSA) is 162 Å². The second-order valence-corrected chi connectivity index (χ2v) is 8.91. The average molecular weight is 549 g/mol. The lowest BCUT2D eigenvalue weighted by molar-refractivity contribution is -0.280. The van der Waals surface area contributed by atoms with E-state index in [1.807, 2.05) is 0 Å². The van der Waals surface area contributed by atoms with E-state index in [0.717, 1.165) is 0 Å². The minimum Gasteiger partial charge on any atom is -0.429 e. The standard InChI is InChI=1S/C21H24B3O15/c1-10-19(4,37-16(25)34-10)22-13-28-7-30-14(23-20(5)11(2)35-17(26)38-20)32-9-33-15(31-8-29-13)24-21(6)12(3)36-18(27)39-21/h13-15H,1-3,7-9H2,4-6H3. The highest BCUT2D eigenvalue weighted by Crippen LogP contribution is 2.32. The molecule has 39 heavy (non-hydrogen) atoms. The van der Waals surface area contributed by atoms with Gasteiger partial charge in [-0.2, -0.15) is 0 Å². The highest BCUT2D eigenvalue weighted by atomic mass is 16.9. The maximum atomic E-state index is 11.6. The number of ether oxygens (including phenoxy) is 12. The van der Waals surface area contributed by atoms with Crippen LogP contribution < -0.4 is 0 Å². The molecule has 4 rings (SSSR count). The van der Waals surface area contributed by atoms with Crippen molar-refractivity contribution >= 4 is 40.3 Å². The van der Waals surface area contributed by atoms with E-state index in [1.54, 1.807) is 0 Å². The van der Waals surface area contributed by atoms with Crippen LogP contribution in [-0.4, -0.2) is 95.8 Å². The van der Waals surface area contributed by atoms with Gasteiger partial charge in [-0.3, -0.25) is 0 Å². The molecule has 0 amide bonds. The van der Waals surface area contributed by atoms with E-state index in [-0.39, 0.29) is 17.3 Å². The molecule has 4 heterocycles. The van der Waals surface area contributed by atoms with Crippen molar-refractivity contribution in [3.63, 3.8) is 0 Å². The molecular weight excluding hydrogens is 525 g/mol. The molecule has 4 saturated heterocycles. The lowest BCUT2D eigenvalue weighted by atomic mass is 9.59. The van der Waals surface area contributed by atoms with Crippen molar-refractivity contribution in [1.82, 2.24) is 0 Å². The van der Waals surface area contributed by atoms with Crippen LogP contribution in [0.4, 0.5) is 14.4 Å². The van der Waals surface area contributed by atoms with Crippen molar-refractivity contribution in [2.24, 2.45) is 0 Å². The van der Waals surface area contributed by atoms with Gasteiger partial charge in [0.1, 0.15) is 52.3 Å². The number of carbonyl (C=O) groups is 3. The first-order chi connectivity index (χ1) is 18.3. The molecule has 3 atom stereocenters. The lowest BCUT2D eigenvalue weighted by Gasteiger charge is -2.31. The second-order valence-electron chi connectivity index (χ2n) is 8.91. The Hall–Kier alpha value is -3.02. The summed E-state index contributed by atoms with van der Waals surface area (Å²) in [5.74, 6) is 0.00198. The first kappa shape index (κ1) is 29.0. The zero-order chi connectivity index (χ0) is 28.4. The van der Waals surface area contributed by atoms with Gasteiger partial charge in [0.15, 0.2) is 20.4 Å². The van der Waals surface area contributed by atoms with Crippen molar-refractivity contribution in [2.75, 3.05) is 20.4 Å². The molecule has 3 radical (unpaired) electrons. The molecule has 0 aliphatic carbocycles. The van der Waals surface area contributed by atoms with Crippen LogP contribution in [0.2, 0.25) is 0 Å². The molecule has 0 aromatic heterocycles. The minimum absolute atomic E-state index is 0.000660. The second kappa shape index (κ2) is 11.2. The van der Waals surface area contributed by atoms with Crippen molar-refractivity contribution in [3.8, 4) is 0 Å². The Morgan fingerprint density at radius 1 is 0.538 bits per heavy atom. The Morgan fingerprint density at radius 2 is 0.769 bits per heavy atom. The summed E-state index contributed by atoms with van der Waals surface area (Å²) in [5.41, 5.74) is -4.20. The van der Waals surface area contributed by atoms with Gasteiger partial charge in [-0.15, -0.1) is 0 Å². The van der Waals surface area contributed by atoms with E-state index >= 15 is 0 Å². The average Bonchev–Trinajstić information content (AvgIpc) is 3.33. The van der Waals surface area contributed by atoms with Gasteiger partial charge in [-0.1, -0.05) is 19.7 Å². The molecular formula is C21H24B3O15. The van der Waals surface area contributed by atoms with Crippen molar-refractivity contribution in [3.05, 3.63) is 37.0 Å². The Balaban J connectivity index is 1.47. The summed E-state index contributed by atoms with van der Waals surface area (Å²) < 4.78 is 63.9. The Labute approximate surface area is 225 Å². The van der Waals surface area contributed by atoms with Crippen LogP contribution in [0.5, 0.6) is 0 Å². The summed E-state index contributed by atoms with van der Waals surface area (Å²) >= 11 is 0. The zero-order valence-electron chi connectivity index (χ0n) is 21.3. The summed E-state index contributed by atoms with van der Waals surface area (Å²) in [6, 6.07) is 0. The number of carbonyl (C=O) groups excluding carboxylic acids is 3. The molecule has 0 aromatic rings. The monoisotopic (exact) mass is 549 g/mol. The summed E-state index contributed by atoms with van der Waals surface area (Å²) in [5, 5.41) is 0.